The first kappa shape index (κ1) is 15.2. The zero-order valence-corrected chi connectivity index (χ0v) is 13.7. The van der Waals surface area contributed by atoms with Gasteiger partial charge in [-0.15, -0.1) is 0 Å². The van der Waals surface area contributed by atoms with Crippen LogP contribution in [0.15, 0.2) is 37.9 Å². The minimum Gasteiger partial charge on any atom is -0.451 e. The summed E-state index contributed by atoms with van der Waals surface area (Å²) >= 11 is 3.27. The van der Waals surface area contributed by atoms with Gasteiger partial charge in [0.1, 0.15) is 5.58 Å². The van der Waals surface area contributed by atoms with Crippen LogP contribution in [0.1, 0.15) is 17.0 Å². The van der Waals surface area contributed by atoms with E-state index in [0.717, 1.165) is 10.5 Å². The SMILES string of the molecule is O=C(NC1CCS(=O)(=O)C1)c1cc(=O)c2ccc(Br)cc2o1. The highest BCUT2D eigenvalue weighted by atomic mass is 79.9. The molecule has 0 bridgehead atoms. The predicted octanol–water partition coefficient (Wildman–Crippen LogP) is 1.47. The van der Waals surface area contributed by atoms with Crippen LogP contribution >= 0.6 is 15.9 Å². The smallest absolute Gasteiger partial charge is 0.287 e. The van der Waals surface area contributed by atoms with Gasteiger partial charge in [-0.25, -0.2) is 8.42 Å². The Hall–Kier alpha value is -1.67. The molecule has 1 N–H and O–H groups in total. The molecule has 3 rings (SSSR count). The number of rotatable bonds is 2. The lowest BCUT2D eigenvalue weighted by Crippen LogP contribution is -2.35. The van der Waals surface area contributed by atoms with Gasteiger partial charge in [-0.2, -0.15) is 0 Å². The minimum absolute atomic E-state index is 0.0621. The van der Waals surface area contributed by atoms with Crippen molar-refractivity contribution in [1.29, 1.82) is 0 Å². The van der Waals surface area contributed by atoms with Gasteiger partial charge in [-0.3, -0.25) is 9.59 Å². The van der Waals surface area contributed by atoms with Crippen LogP contribution in [0.2, 0.25) is 0 Å². The molecule has 2 aromatic rings. The third-order valence-electron chi connectivity index (χ3n) is 3.48. The van der Waals surface area contributed by atoms with Crippen molar-refractivity contribution in [1.82, 2.24) is 5.32 Å². The van der Waals surface area contributed by atoms with Gasteiger partial charge in [-0.1, -0.05) is 15.9 Å². The molecular formula is C14H12BrNO5S. The Morgan fingerprint density at radius 3 is 2.77 bits per heavy atom. The Kier molecular flexibility index (Phi) is 3.82. The van der Waals surface area contributed by atoms with Crippen LogP contribution in [-0.4, -0.2) is 31.9 Å². The van der Waals surface area contributed by atoms with Crippen molar-refractivity contribution in [3.05, 3.63) is 44.7 Å². The quantitative estimate of drug-likeness (QED) is 0.844. The molecule has 1 saturated heterocycles. The summed E-state index contributed by atoms with van der Waals surface area (Å²) in [7, 11) is -3.08. The van der Waals surface area contributed by atoms with Crippen LogP contribution in [0, 0.1) is 0 Å². The first-order chi connectivity index (χ1) is 10.3. The highest BCUT2D eigenvalue weighted by Gasteiger charge is 2.29. The summed E-state index contributed by atoms with van der Waals surface area (Å²) in [6, 6.07) is 5.60. The van der Waals surface area contributed by atoms with E-state index in [1.54, 1.807) is 18.2 Å². The summed E-state index contributed by atoms with van der Waals surface area (Å²) in [5.74, 6) is -0.727. The van der Waals surface area contributed by atoms with E-state index in [0.29, 0.717) is 17.4 Å². The molecule has 1 aliphatic rings. The molecule has 2 heterocycles. The fourth-order valence-corrected chi connectivity index (χ4v) is 4.42. The van der Waals surface area contributed by atoms with E-state index in [2.05, 4.69) is 21.2 Å². The highest BCUT2D eigenvalue weighted by molar-refractivity contribution is 9.10. The van der Waals surface area contributed by atoms with Gasteiger partial charge in [0.2, 0.25) is 0 Å². The van der Waals surface area contributed by atoms with E-state index in [1.807, 2.05) is 0 Å². The molecule has 1 amide bonds. The minimum atomic E-state index is -3.08. The van der Waals surface area contributed by atoms with Gasteiger partial charge in [0.05, 0.1) is 16.9 Å². The molecular weight excluding hydrogens is 374 g/mol. The van der Waals surface area contributed by atoms with Gasteiger partial charge in [0, 0.05) is 16.6 Å². The van der Waals surface area contributed by atoms with Crippen molar-refractivity contribution < 1.29 is 17.6 Å². The molecule has 0 spiro atoms. The van der Waals surface area contributed by atoms with Crippen LogP contribution in [0.25, 0.3) is 11.0 Å². The molecule has 1 unspecified atom stereocenters. The Labute approximate surface area is 134 Å². The van der Waals surface area contributed by atoms with Crippen LogP contribution in [0.5, 0.6) is 0 Å². The van der Waals surface area contributed by atoms with Crippen molar-refractivity contribution in [3.63, 3.8) is 0 Å². The number of hydrogen-bond donors (Lipinski definition) is 1. The number of benzene rings is 1. The number of hydrogen-bond acceptors (Lipinski definition) is 5. The predicted molar refractivity (Wildman–Crippen MR) is 84.7 cm³/mol. The Balaban J connectivity index is 1.90. The maximum Gasteiger partial charge on any atom is 0.287 e. The van der Waals surface area contributed by atoms with Crippen LogP contribution < -0.4 is 10.7 Å². The molecule has 0 aliphatic carbocycles. The Morgan fingerprint density at radius 2 is 2.09 bits per heavy atom. The third-order valence-corrected chi connectivity index (χ3v) is 5.74. The molecule has 1 aromatic carbocycles. The summed E-state index contributed by atoms with van der Waals surface area (Å²) in [6.07, 6.45) is 0.372. The van der Waals surface area contributed by atoms with E-state index >= 15 is 0 Å². The second kappa shape index (κ2) is 5.51. The number of nitrogens with one attached hydrogen (secondary N) is 1. The molecule has 1 aliphatic heterocycles. The van der Waals surface area contributed by atoms with Gasteiger partial charge in [0.25, 0.3) is 5.91 Å². The molecule has 8 heteroatoms. The maximum absolute atomic E-state index is 12.1. The molecule has 0 radical (unpaired) electrons. The van der Waals surface area contributed by atoms with E-state index in [-0.39, 0.29) is 22.7 Å². The molecule has 6 nitrogen and oxygen atoms in total. The topological polar surface area (TPSA) is 93.5 Å². The summed E-state index contributed by atoms with van der Waals surface area (Å²) in [5.41, 5.74) is -0.0241. The molecule has 116 valence electrons. The summed E-state index contributed by atoms with van der Waals surface area (Å²) in [5, 5.41) is 2.97. The standard InChI is InChI=1S/C14H12BrNO5S/c15-8-1-2-10-11(17)6-13(21-12(10)5-8)14(18)16-9-3-4-22(19,20)7-9/h1-2,5-6,9H,3-4,7H2,(H,16,18). The molecule has 1 atom stereocenters. The maximum atomic E-state index is 12.1. The number of sulfone groups is 1. The second-order valence-corrected chi connectivity index (χ2v) is 8.33. The Bertz CT molecular complexity index is 918. The summed E-state index contributed by atoms with van der Waals surface area (Å²) in [6.45, 7) is 0. The fraction of sp³-hybridized carbons (Fsp3) is 0.286. The summed E-state index contributed by atoms with van der Waals surface area (Å²) < 4.78 is 29.0. The van der Waals surface area contributed by atoms with Crippen LogP contribution in [0.3, 0.4) is 0 Å². The number of carbonyl (C=O) groups is 1. The summed E-state index contributed by atoms with van der Waals surface area (Å²) in [4.78, 5) is 24.1. The first-order valence-corrected chi connectivity index (χ1v) is 9.20. The normalized spacial score (nSPS) is 20.1. The molecule has 0 saturated carbocycles. The van der Waals surface area contributed by atoms with E-state index in [4.69, 9.17) is 4.42 Å². The van der Waals surface area contributed by atoms with E-state index in [9.17, 15) is 18.0 Å². The largest absolute Gasteiger partial charge is 0.451 e. The second-order valence-electron chi connectivity index (χ2n) is 5.19. The fourth-order valence-electron chi connectivity index (χ4n) is 2.41. The number of halogens is 1. The lowest BCUT2D eigenvalue weighted by atomic mass is 10.2. The van der Waals surface area contributed by atoms with Crippen molar-refractivity contribution in [2.75, 3.05) is 11.5 Å². The van der Waals surface area contributed by atoms with Crippen molar-refractivity contribution >= 4 is 42.6 Å². The van der Waals surface area contributed by atoms with E-state index in [1.165, 1.54) is 0 Å². The number of carbonyl (C=O) groups excluding carboxylic acids is 1. The zero-order chi connectivity index (χ0) is 15.9. The lowest BCUT2D eigenvalue weighted by Gasteiger charge is -2.10. The van der Waals surface area contributed by atoms with Crippen molar-refractivity contribution in [2.24, 2.45) is 0 Å². The van der Waals surface area contributed by atoms with E-state index < -0.39 is 21.8 Å². The van der Waals surface area contributed by atoms with Crippen molar-refractivity contribution in [3.8, 4) is 0 Å². The van der Waals surface area contributed by atoms with Gasteiger partial charge >= 0.3 is 0 Å². The molecule has 1 aromatic heterocycles. The highest BCUT2D eigenvalue weighted by Crippen LogP contribution is 2.19. The van der Waals surface area contributed by atoms with Gasteiger partial charge in [0.15, 0.2) is 21.0 Å². The van der Waals surface area contributed by atoms with Gasteiger partial charge < -0.3 is 9.73 Å². The van der Waals surface area contributed by atoms with Crippen LogP contribution in [0.4, 0.5) is 0 Å². The first-order valence-electron chi connectivity index (χ1n) is 6.59. The average molecular weight is 386 g/mol. The number of amides is 1. The lowest BCUT2D eigenvalue weighted by molar-refractivity contribution is 0.0913. The van der Waals surface area contributed by atoms with Gasteiger partial charge in [-0.05, 0) is 24.6 Å². The monoisotopic (exact) mass is 385 g/mol. The van der Waals surface area contributed by atoms with Crippen LogP contribution in [-0.2, 0) is 9.84 Å². The molecule has 22 heavy (non-hydrogen) atoms. The Morgan fingerprint density at radius 1 is 1.32 bits per heavy atom. The number of fused-ring (bicyclic) bond motifs is 1. The average Bonchev–Trinajstić information content (AvgIpc) is 2.77. The zero-order valence-electron chi connectivity index (χ0n) is 11.3. The van der Waals surface area contributed by atoms with Crippen molar-refractivity contribution in [2.45, 2.75) is 12.5 Å². The molecule has 1 fully saturated rings. The third kappa shape index (κ3) is 3.07.